The highest BCUT2D eigenvalue weighted by Crippen LogP contribution is 2.21. The van der Waals surface area contributed by atoms with E-state index in [2.05, 4.69) is 0 Å². The summed E-state index contributed by atoms with van der Waals surface area (Å²) in [5.41, 5.74) is 0.994. The number of hydrogen-bond acceptors (Lipinski definition) is 3. The van der Waals surface area contributed by atoms with Crippen LogP contribution in [0.2, 0.25) is 5.02 Å². The van der Waals surface area contributed by atoms with Gasteiger partial charge in [0.05, 0.1) is 0 Å². The second-order valence-corrected chi connectivity index (χ2v) is 3.56. The van der Waals surface area contributed by atoms with Crippen molar-refractivity contribution in [3.63, 3.8) is 0 Å². The quantitative estimate of drug-likeness (QED) is 0.728. The summed E-state index contributed by atoms with van der Waals surface area (Å²) in [7, 11) is 3.15. The molecule has 0 heterocycles. The summed E-state index contributed by atoms with van der Waals surface area (Å²) in [6.07, 6.45) is -0.347. The molecule has 3 nitrogen and oxygen atoms in total. The summed E-state index contributed by atoms with van der Waals surface area (Å²) in [5.74, 6) is 0.790. The van der Waals surface area contributed by atoms with Gasteiger partial charge in [0.15, 0.2) is 6.29 Å². The summed E-state index contributed by atoms with van der Waals surface area (Å²) in [5, 5.41) is 0.704. The third-order valence-electron chi connectivity index (χ3n) is 2.04. The van der Waals surface area contributed by atoms with Crippen molar-refractivity contribution in [1.82, 2.24) is 0 Å². The Labute approximate surface area is 94.9 Å². The Morgan fingerprint density at radius 3 is 2.47 bits per heavy atom. The monoisotopic (exact) mass is 230 g/mol. The highest BCUT2D eigenvalue weighted by molar-refractivity contribution is 6.30. The van der Waals surface area contributed by atoms with Crippen LogP contribution in [0.15, 0.2) is 18.2 Å². The van der Waals surface area contributed by atoms with E-state index in [1.54, 1.807) is 20.3 Å². The fraction of sp³-hybridized carbons (Fsp3) is 0.455. The Bertz CT molecular complexity index is 311. The molecule has 0 atom stereocenters. The number of aryl methyl sites for hydroxylation is 1. The van der Waals surface area contributed by atoms with Crippen LogP contribution >= 0.6 is 11.6 Å². The van der Waals surface area contributed by atoms with Gasteiger partial charge in [-0.15, -0.1) is 0 Å². The predicted molar refractivity (Wildman–Crippen MR) is 59.5 cm³/mol. The number of methoxy groups -OCH3 is 2. The van der Waals surface area contributed by atoms with Gasteiger partial charge in [-0.3, -0.25) is 0 Å². The molecule has 0 aliphatic rings. The topological polar surface area (TPSA) is 27.7 Å². The Kier molecular flexibility index (Phi) is 4.88. The van der Waals surface area contributed by atoms with Gasteiger partial charge in [0.2, 0.25) is 0 Å². The molecule has 0 aromatic heterocycles. The molecule has 0 unspecified atom stereocenters. The molecule has 0 saturated carbocycles. The molecule has 4 heteroatoms. The first-order chi connectivity index (χ1) is 7.17. The van der Waals surface area contributed by atoms with Gasteiger partial charge in [0.25, 0.3) is 0 Å². The molecule has 0 bridgehead atoms. The second-order valence-electron chi connectivity index (χ2n) is 3.12. The molecule has 1 aromatic carbocycles. The maximum atomic E-state index is 5.83. The Morgan fingerprint density at radius 1 is 1.27 bits per heavy atom. The van der Waals surface area contributed by atoms with Crippen molar-refractivity contribution >= 4 is 11.6 Å². The van der Waals surface area contributed by atoms with Gasteiger partial charge in [0.1, 0.15) is 12.4 Å². The van der Waals surface area contributed by atoms with Gasteiger partial charge >= 0.3 is 0 Å². The van der Waals surface area contributed by atoms with Crippen LogP contribution in [-0.4, -0.2) is 27.1 Å². The van der Waals surface area contributed by atoms with E-state index in [0.717, 1.165) is 11.3 Å². The highest BCUT2D eigenvalue weighted by atomic mass is 35.5. The summed E-state index contributed by atoms with van der Waals surface area (Å²) in [6, 6.07) is 5.48. The molecule has 0 radical (unpaired) electrons. The van der Waals surface area contributed by atoms with Crippen molar-refractivity contribution in [1.29, 1.82) is 0 Å². The lowest BCUT2D eigenvalue weighted by atomic mass is 10.2. The summed E-state index contributed by atoms with van der Waals surface area (Å²) < 4.78 is 15.6. The van der Waals surface area contributed by atoms with Crippen molar-refractivity contribution in [3.8, 4) is 5.75 Å². The van der Waals surface area contributed by atoms with Crippen LogP contribution in [0.4, 0.5) is 0 Å². The molecule has 0 fully saturated rings. The number of rotatable bonds is 5. The van der Waals surface area contributed by atoms with Crippen molar-refractivity contribution in [2.75, 3.05) is 20.8 Å². The summed E-state index contributed by atoms with van der Waals surface area (Å²) in [4.78, 5) is 0. The van der Waals surface area contributed by atoms with Crippen LogP contribution in [0, 0.1) is 6.92 Å². The zero-order valence-electron chi connectivity index (χ0n) is 9.12. The van der Waals surface area contributed by atoms with Gasteiger partial charge < -0.3 is 14.2 Å². The van der Waals surface area contributed by atoms with Crippen LogP contribution in [0.1, 0.15) is 5.56 Å². The minimum atomic E-state index is -0.347. The number of benzene rings is 1. The number of halogens is 1. The standard InChI is InChI=1S/C11H15ClO3/c1-8-6-9(12)4-5-10(8)15-7-11(13-2)14-3/h4-6,11H,7H2,1-3H3. The summed E-state index contributed by atoms with van der Waals surface area (Å²) in [6.45, 7) is 2.30. The first-order valence-corrected chi connectivity index (χ1v) is 4.99. The molecular weight excluding hydrogens is 216 g/mol. The fourth-order valence-corrected chi connectivity index (χ4v) is 1.39. The molecule has 1 rings (SSSR count). The van der Waals surface area contributed by atoms with Gasteiger partial charge in [-0.2, -0.15) is 0 Å². The SMILES string of the molecule is COC(COc1ccc(Cl)cc1C)OC. The number of hydrogen-bond donors (Lipinski definition) is 0. The van der Waals surface area contributed by atoms with Crippen LogP contribution < -0.4 is 4.74 Å². The Balaban J connectivity index is 2.57. The average molecular weight is 231 g/mol. The van der Waals surface area contributed by atoms with Crippen molar-refractivity contribution in [2.24, 2.45) is 0 Å². The maximum Gasteiger partial charge on any atom is 0.191 e. The van der Waals surface area contributed by atoms with E-state index < -0.39 is 0 Å². The molecule has 15 heavy (non-hydrogen) atoms. The van der Waals surface area contributed by atoms with E-state index in [0.29, 0.717) is 11.6 Å². The lowest BCUT2D eigenvalue weighted by molar-refractivity contribution is -0.122. The smallest absolute Gasteiger partial charge is 0.191 e. The van der Waals surface area contributed by atoms with Gasteiger partial charge in [-0.1, -0.05) is 11.6 Å². The molecule has 0 amide bonds. The van der Waals surface area contributed by atoms with E-state index in [9.17, 15) is 0 Å². The van der Waals surface area contributed by atoms with Crippen molar-refractivity contribution in [2.45, 2.75) is 13.2 Å². The lowest BCUT2D eigenvalue weighted by Crippen LogP contribution is -2.22. The van der Waals surface area contributed by atoms with Gasteiger partial charge in [-0.05, 0) is 30.7 Å². The minimum absolute atomic E-state index is 0.347. The van der Waals surface area contributed by atoms with E-state index in [1.165, 1.54) is 0 Å². The van der Waals surface area contributed by atoms with Crippen molar-refractivity contribution < 1.29 is 14.2 Å². The first kappa shape index (κ1) is 12.3. The van der Waals surface area contributed by atoms with Crippen LogP contribution in [-0.2, 0) is 9.47 Å². The lowest BCUT2D eigenvalue weighted by Gasteiger charge is -2.15. The van der Waals surface area contributed by atoms with E-state index in [-0.39, 0.29) is 6.29 Å². The minimum Gasteiger partial charge on any atom is -0.488 e. The normalized spacial score (nSPS) is 10.7. The largest absolute Gasteiger partial charge is 0.488 e. The second kappa shape index (κ2) is 5.95. The van der Waals surface area contributed by atoms with Crippen LogP contribution in [0.3, 0.4) is 0 Å². The number of ether oxygens (including phenoxy) is 3. The third-order valence-corrected chi connectivity index (χ3v) is 2.27. The molecule has 0 saturated heterocycles. The highest BCUT2D eigenvalue weighted by Gasteiger charge is 2.07. The van der Waals surface area contributed by atoms with Crippen LogP contribution in [0.5, 0.6) is 5.75 Å². The molecule has 0 aliphatic heterocycles. The molecule has 0 spiro atoms. The van der Waals surface area contributed by atoms with Crippen LogP contribution in [0.25, 0.3) is 0 Å². The molecule has 0 N–H and O–H groups in total. The molecule has 1 aromatic rings. The zero-order valence-corrected chi connectivity index (χ0v) is 9.88. The zero-order chi connectivity index (χ0) is 11.3. The van der Waals surface area contributed by atoms with Gasteiger partial charge in [-0.25, -0.2) is 0 Å². The molecular formula is C11H15ClO3. The van der Waals surface area contributed by atoms with E-state index in [4.69, 9.17) is 25.8 Å². The van der Waals surface area contributed by atoms with E-state index in [1.807, 2.05) is 19.1 Å². The fourth-order valence-electron chi connectivity index (χ4n) is 1.16. The third kappa shape index (κ3) is 3.70. The van der Waals surface area contributed by atoms with Gasteiger partial charge in [0, 0.05) is 19.2 Å². The Morgan fingerprint density at radius 2 is 1.93 bits per heavy atom. The predicted octanol–water partition coefficient (Wildman–Crippen LogP) is 2.65. The van der Waals surface area contributed by atoms with Crippen molar-refractivity contribution in [3.05, 3.63) is 28.8 Å². The molecule has 0 aliphatic carbocycles. The van der Waals surface area contributed by atoms with E-state index >= 15 is 0 Å². The molecule has 84 valence electrons. The maximum absolute atomic E-state index is 5.83. The first-order valence-electron chi connectivity index (χ1n) is 4.62. The average Bonchev–Trinajstić information content (AvgIpc) is 2.22. The Hall–Kier alpha value is -0.770. The summed E-state index contributed by atoms with van der Waals surface area (Å²) >= 11 is 5.83.